The molecule has 0 saturated heterocycles. The van der Waals surface area contributed by atoms with Crippen LogP contribution in [0.3, 0.4) is 0 Å². The smallest absolute Gasteiger partial charge is 0.0726 e. The van der Waals surface area contributed by atoms with Gasteiger partial charge in [0.05, 0.1) is 5.41 Å². The van der Waals surface area contributed by atoms with E-state index in [0.717, 1.165) is 17.1 Å². The zero-order valence-electron chi connectivity index (χ0n) is 29.5. The number of nitrogens with zero attached hydrogens (tertiary/aromatic N) is 1. The van der Waals surface area contributed by atoms with Crippen LogP contribution in [0, 0.1) is 0 Å². The summed E-state index contributed by atoms with van der Waals surface area (Å²) in [6, 6.07) is 74.7. The summed E-state index contributed by atoms with van der Waals surface area (Å²) < 4.78 is 0. The number of anilines is 3. The Morgan fingerprint density at radius 1 is 0.259 bits per heavy atom. The zero-order chi connectivity index (χ0) is 35.4. The van der Waals surface area contributed by atoms with Crippen LogP contribution in [0.5, 0.6) is 0 Å². The first kappa shape index (κ1) is 29.6. The molecule has 1 nitrogen and oxygen atoms in total. The second kappa shape index (κ2) is 11.0. The summed E-state index contributed by atoms with van der Waals surface area (Å²) >= 11 is 0. The quantitative estimate of drug-likeness (QED) is 0.168. The summed E-state index contributed by atoms with van der Waals surface area (Å²) in [4.78, 5) is 2.47. The minimum atomic E-state index is -0.414. The highest BCUT2D eigenvalue weighted by Gasteiger charge is 2.51. The Bertz CT molecular complexity index is 3090. The molecule has 250 valence electrons. The van der Waals surface area contributed by atoms with Crippen molar-refractivity contribution in [2.75, 3.05) is 4.90 Å². The van der Waals surface area contributed by atoms with Gasteiger partial charge >= 0.3 is 0 Å². The lowest BCUT2D eigenvalue weighted by molar-refractivity contribution is 0.793. The summed E-state index contributed by atoms with van der Waals surface area (Å²) in [5.41, 5.74) is 13.7. The Labute approximate surface area is 314 Å². The van der Waals surface area contributed by atoms with Crippen molar-refractivity contribution in [3.05, 3.63) is 222 Å². The third kappa shape index (κ3) is 3.88. The molecule has 0 aliphatic heterocycles. The molecule has 54 heavy (non-hydrogen) atoms. The maximum atomic E-state index is 2.49. The molecule has 1 heteroatoms. The molecule has 0 atom stereocenters. The summed E-state index contributed by atoms with van der Waals surface area (Å²) in [6.45, 7) is 0. The molecule has 12 rings (SSSR count). The van der Waals surface area contributed by atoms with Gasteiger partial charge in [0.1, 0.15) is 0 Å². The Morgan fingerprint density at radius 2 is 0.667 bits per heavy atom. The molecule has 10 aromatic carbocycles. The molecule has 2 aliphatic rings. The van der Waals surface area contributed by atoms with E-state index in [2.05, 4.69) is 205 Å². The van der Waals surface area contributed by atoms with Gasteiger partial charge in [-0.25, -0.2) is 0 Å². The van der Waals surface area contributed by atoms with Crippen molar-refractivity contribution < 1.29 is 0 Å². The highest BCUT2D eigenvalue weighted by Crippen LogP contribution is 2.63. The number of hydrogen-bond donors (Lipinski definition) is 0. The topological polar surface area (TPSA) is 3.24 Å². The molecule has 0 aromatic heterocycles. The molecule has 0 unspecified atom stereocenters. The number of hydrogen-bond acceptors (Lipinski definition) is 1. The van der Waals surface area contributed by atoms with Gasteiger partial charge in [-0.1, -0.05) is 164 Å². The van der Waals surface area contributed by atoms with Crippen LogP contribution in [0.1, 0.15) is 22.3 Å². The van der Waals surface area contributed by atoms with Gasteiger partial charge in [-0.15, -0.1) is 0 Å². The van der Waals surface area contributed by atoms with E-state index in [9.17, 15) is 0 Å². The van der Waals surface area contributed by atoms with Crippen molar-refractivity contribution >= 4 is 60.2 Å². The third-order valence-corrected chi connectivity index (χ3v) is 12.2. The van der Waals surface area contributed by atoms with Gasteiger partial charge in [0, 0.05) is 17.1 Å². The molecule has 0 amide bonds. The highest BCUT2D eigenvalue weighted by atomic mass is 15.1. The maximum Gasteiger partial charge on any atom is 0.0726 e. The van der Waals surface area contributed by atoms with Crippen LogP contribution in [-0.4, -0.2) is 0 Å². The SMILES string of the molecule is c1ccc2c(c1)-c1ccccc1C21c2ccccc2-c2ccc(N(c3ccc4ccccc4c3)c3ccc4c5ccccc5c5ccccc5c4c3)cc21. The molecular formula is C53H33N. The molecule has 0 bridgehead atoms. The molecular weight excluding hydrogens is 651 g/mol. The molecule has 0 fully saturated rings. The first-order valence-corrected chi connectivity index (χ1v) is 18.8. The third-order valence-electron chi connectivity index (χ3n) is 12.2. The van der Waals surface area contributed by atoms with Crippen molar-refractivity contribution in [3.8, 4) is 22.3 Å². The van der Waals surface area contributed by atoms with E-state index in [-0.39, 0.29) is 0 Å². The Hall–Kier alpha value is -6.96. The fourth-order valence-electron chi connectivity index (χ4n) is 10.0. The largest absolute Gasteiger partial charge is 0.310 e. The predicted molar refractivity (Wildman–Crippen MR) is 227 cm³/mol. The van der Waals surface area contributed by atoms with Crippen molar-refractivity contribution in [1.29, 1.82) is 0 Å². The van der Waals surface area contributed by atoms with Crippen LogP contribution in [-0.2, 0) is 5.41 Å². The molecule has 0 N–H and O–H groups in total. The van der Waals surface area contributed by atoms with E-state index in [0.29, 0.717) is 0 Å². The highest BCUT2D eigenvalue weighted by molar-refractivity contribution is 6.25. The zero-order valence-corrected chi connectivity index (χ0v) is 29.5. The molecule has 0 heterocycles. The Kier molecular flexibility index (Phi) is 6.04. The minimum absolute atomic E-state index is 0.414. The van der Waals surface area contributed by atoms with E-state index in [4.69, 9.17) is 0 Å². The van der Waals surface area contributed by atoms with Crippen LogP contribution in [0.25, 0.3) is 65.3 Å². The van der Waals surface area contributed by atoms with E-state index in [1.54, 1.807) is 0 Å². The Balaban J connectivity index is 1.16. The molecule has 1 spiro atoms. The lowest BCUT2D eigenvalue weighted by Crippen LogP contribution is -2.26. The van der Waals surface area contributed by atoms with Crippen LogP contribution in [0.15, 0.2) is 200 Å². The maximum absolute atomic E-state index is 2.49. The van der Waals surface area contributed by atoms with Crippen LogP contribution < -0.4 is 4.90 Å². The molecule has 0 saturated carbocycles. The first-order valence-electron chi connectivity index (χ1n) is 18.8. The van der Waals surface area contributed by atoms with Crippen LogP contribution in [0.2, 0.25) is 0 Å². The summed E-state index contributed by atoms with van der Waals surface area (Å²) in [5.74, 6) is 0. The first-order chi connectivity index (χ1) is 26.8. The van der Waals surface area contributed by atoms with Crippen molar-refractivity contribution in [3.63, 3.8) is 0 Å². The van der Waals surface area contributed by atoms with Gasteiger partial charge in [-0.05, 0) is 124 Å². The van der Waals surface area contributed by atoms with Gasteiger partial charge in [0.15, 0.2) is 0 Å². The van der Waals surface area contributed by atoms with E-state index < -0.39 is 5.41 Å². The number of rotatable bonds is 3. The second-order valence-electron chi connectivity index (χ2n) is 14.8. The van der Waals surface area contributed by atoms with Gasteiger partial charge < -0.3 is 4.90 Å². The van der Waals surface area contributed by atoms with Crippen molar-refractivity contribution in [2.45, 2.75) is 5.41 Å². The fourth-order valence-corrected chi connectivity index (χ4v) is 10.0. The second-order valence-corrected chi connectivity index (χ2v) is 14.8. The van der Waals surface area contributed by atoms with Gasteiger partial charge in [-0.3, -0.25) is 0 Å². The Morgan fingerprint density at radius 3 is 1.28 bits per heavy atom. The number of benzene rings is 10. The van der Waals surface area contributed by atoms with E-state index in [1.165, 1.54) is 87.6 Å². The average Bonchev–Trinajstić information content (AvgIpc) is 3.71. The van der Waals surface area contributed by atoms with Gasteiger partial charge in [0.2, 0.25) is 0 Å². The predicted octanol–water partition coefficient (Wildman–Crippen LogP) is 14.1. The summed E-state index contributed by atoms with van der Waals surface area (Å²) in [6.07, 6.45) is 0. The van der Waals surface area contributed by atoms with Crippen LogP contribution >= 0.6 is 0 Å². The normalized spacial score (nSPS) is 13.3. The molecule has 2 aliphatic carbocycles. The van der Waals surface area contributed by atoms with Crippen molar-refractivity contribution in [2.24, 2.45) is 0 Å². The van der Waals surface area contributed by atoms with Crippen molar-refractivity contribution in [1.82, 2.24) is 0 Å². The fraction of sp³-hybridized carbons (Fsp3) is 0.0189. The van der Waals surface area contributed by atoms with E-state index >= 15 is 0 Å². The summed E-state index contributed by atoms with van der Waals surface area (Å²) in [7, 11) is 0. The molecule has 0 radical (unpaired) electrons. The van der Waals surface area contributed by atoms with E-state index in [1.807, 2.05) is 0 Å². The van der Waals surface area contributed by atoms with Crippen LogP contribution in [0.4, 0.5) is 17.1 Å². The summed E-state index contributed by atoms with van der Waals surface area (Å²) in [5, 5.41) is 10.1. The number of fused-ring (bicyclic) bond motifs is 17. The monoisotopic (exact) mass is 683 g/mol. The molecule has 10 aromatic rings. The van der Waals surface area contributed by atoms with Gasteiger partial charge in [-0.2, -0.15) is 0 Å². The lowest BCUT2D eigenvalue weighted by Gasteiger charge is -2.32. The standard InChI is InChI=1S/C53H33N/c1-2-14-35-31-36(26-25-34(35)13-1)54(37-27-29-43-41-17-4-3-15-39(41)40-16-5-6-18-42(40)48(43)32-37)38-28-30-47-46-21-9-12-24-51(46)53(52(47)33-38)49-22-10-7-19-44(49)45-20-8-11-23-50(45)53/h1-33H. The van der Waals surface area contributed by atoms with Gasteiger partial charge in [0.25, 0.3) is 0 Å². The average molecular weight is 684 g/mol. The minimum Gasteiger partial charge on any atom is -0.310 e. The lowest BCUT2D eigenvalue weighted by atomic mass is 9.70.